The number of benzene rings is 1. The van der Waals surface area contributed by atoms with Gasteiger partial charge >= 0.3 is 0 Å². The first kappa shape index (κ1) is 20.1. The van der Waals surface area contributed by atoms with Crippen LogP contribution in [-0.2, 0) is 17.9 Å². The monoisotopic (exact) mass is 382 g/mol. The fourth-order valence-electron chi connectivity index (χ4n) is 3.86. The Morgan fingerprint density at radius 1 is 1.25 bits per heavy atom. The van der Waals surface area contributed by atoms with Gasteiger partial charge in [0, 0.05) is 45.2 Å². The smallest absolute Gasteiger partial charge is 0.268 e. The lowest BCUT2D eigenvalue weighted by Gasteiger charge is -2.34. The van der Waals surface area contributed by atoms with Crippen LogP contribution < -0.4 is 10.5 Å². The van der Waals surface area contributed by atoms with Gasteiger partial charge in [-0.05, 0) is 38.2 Å². The number of amides is 1. The van der Waals surface area contributed by atoms with Gasteiger partial charge in [0.25, 0.3) is 5.56 Å². The molecular formula is C22H30N4O2. The SMILES string of the molecule is CCN(Cc1ccccc1)C(=O)CC1CCCN(c2cnn(CC)c(=O)c2)C1. The summed E-state index contributed by atoms with van der Waals surface area (Å²) in [5.41, 5.74) is 1.95. The fraction of sp³-hybridized carbons (Fsp3) is 0.500. The molecule has 2 heterocycles. The van der Waals surface area contributed by atoms with Crippen LogP contribution >= 0.6 is 0 Å². The number of nitrogens with zero attached hydrogens (tertiary/aromatic N) is 4. The summed E-state index contributed by atoms with van der Waals surface area (Å²) in [4.78, 5) is 29.1. The van der Waals surface area contributed by atoms with E-state index in [-0.39, 0.29) is 11.5 Å². The second kappa shape index (κ2) is 9.53. The molecule has 0 radical (unpaired) electrons. The largest absolute Gasteiger partial charge is 0.370 e. The van der Waals surface area contributed by atoms with Crippen molar-refractivity contribution in [2.24, 2.45) is 5.92 Å². The van der Waals surface area contributed by atoms with E-state index in [0.717, 1.165) is 37.2 Å². The van der Waals surface area contributed by atoms with Crippen molar-refractivity contribution < 1.29 is 4.79 Å². The summed E-state index contributed by atoms with van der Waals surface area (Å²) in [6.45, 7) is 7.59. The van der Waals surface area contributed by atoms with Crippen LogP contribution in [0, 0.1) is 5.92 Å². The molecule has 0 N–H and O–H groups in total. The van der Waals surface area contributed by atoms with Crippen molar-refractivity contribution in [1.29, 1.82) is 0 Å². The van der Waals surface area contributed by atoms with Gasteiger partial charge in [0.2, 0.25) is 5.91 Å². The molecule has 150 valence electrons. The highest BCUT2D eigenvalue weighted by Gasteiger charge is 2.25. The standard InChI is InChI=1S/C22H30N4O2/c1-3-24(16-18-9-6-5-7-10-18)21(27)13-19-11-8-12-25(17-19)20-14-22(28)26(4-2)23-15-20/h5-7,9-10,14-15,19H,3-4,8,11-13,16-17H2,1-2H3. The molecule has 0 bridgehead atoms. The molecule has 1 aromatic carbocycles. The maximum absolute atomic E-state index is 12.9. The Hall–Kier alpha value is -2.63. The zero-order chi connectivity index (χ0) is 19.9. The number of piperidine rings is 1. The Morgan fingerprint density at radius 2 is 2.04 bits per heavy atom. The number of aryl methyl sites for hydroxylation is 1. The van der Waals surface area contributed by atoms with E-state index in [1.165, 1.54) is 4.68 Å². The Bertz CT molecular complexity index is 834. The molecule has 0 aliphatic carbocycles. The molecule has 1 unspecified atom stereocenters. The van der Waals surface area contributed by atoms with Crippen LogP contribution in [0.5, 0.6) is 0 Å². The fourth-order valence-corrected chi connectivity index (χ4v) is 3.86. The van der Waals surface area contributed by atoms with Gasteiger partial charge in [-0.2, -0.15) is 5.10 Å². The minimum Gasteiger partial charge on any atom is -0.370 e. The van der Waals surface area contributed by atoms with Gasteiger partial charge in [0.1, 0.15) is 0 Å². The van der Waals surface area contributed by atoms with Crippen molar-refractivity contribution in [3.63, 3.8) is 0 Å². The van der Waals surface area contributed by atoms with Crippen molar-refractivity contribution in [3.8, 4) is 0 Å². The number of aromatic nitrogens is 2. The molecule has 1 atom stereocenters. The van der Waals surface area contributed by atoms with Crippen molar-refractivity contribution >= 4 is 11.6 Å². The molecular weight excluding hydrogens is 352 g/mol. The van der Waals surface area contributed by atoms with Crippen molar-refractivity contribution in [2.45, 2.75) is 46.2 Å². The van der Waals surface area contributed by atoms with Gasteiger partial charge < -0.3 is 9.80 Å². The zero-order valence-corrected chi connectivity index (χ0v) is 16.9. The van der Waals surface area contributed by atoms with Crippen LogP contribution in [0.4, 0.5) is 5.69 Å². The molecule has 1 aliphatic rings. The van der Waals surface area contributed by atoms with Gasteiger partial charge in [-0.1, -0.05) is 30.3 Å². The van der Waals surface area contributed by atoms with Crippen LogP contribution in [0.15, 0.2) is 47.4 Å². The second-order valence-corrected chi connectivity index (χ2v) is 7.42. The third kappa shape index (κ3) is 5.00. The van der Waals surface area contributed by atoms with Crippen molar-refractivity contribution in [3.05, 3.63) is 58.5 Å². The molecule has 3 rings (SSSR count). The van der Waals surface area contributed by atoms with Gasteiger partial charge in [-0.15, -0.1) is 0 Å². The van der Waals surface area contributed by atoms with E-state index in [9.17, 15) is 9.59 Å². The van der Waals surface area contributed by atoms with Gasteiger partial charge in [-0.25, -0.2) is 4.68 Å². The third-order valence-electron chi connectivity index (χ3n) is 5.45. The highest BCUT2D eigenvalue weighted by Crippen LogP contribution is 2.24. The van der Waals surface area contributed by atoms with Gasteiger partial charge in [0.15, 0.2) is 0 Å². The first-order chi connectivity index (χ1) is 13.6. The minimum atomic E-state index is -0.0711. The molecule has 6 heteroatoms. The van der Waals surface area contributed by atoms with Crippen molar-refractivity contribution in [2.75, 3.05) is 24.5 Å². The summed E-state index contributed by atoms with van der Waals surface area (Å²) in [5, 5.41) is 4.23. The lowest BCUT2D eigenvalue weighted by atomic mass is 9.94. The molecule has 6 nitrogen and oxygen atoms in total. The lowest BCUT2D eigenvalue weighted by Crippen LogP contribution is -2.39. The number of rotatable bonds is 7. The highest BCUT2D eigenvalue weighted by atomic mass is 16.2. The van der Waals surface area contributed by atoms with Crippen LogP contribution in [0.3, 0.4) is 0 Å². The first-order valence-electron chi connectivity index (χ1n) is 10.2. The molecule has 0 spiro atoms. The molecule has 1 aliphatic heterocycles. The summed E-state index contributed by atoms with van der Waals surface area (Å²) < 4.78 is 1.46. The molecule has 2 aromatic rings. The minimum absolute atomic E-state index is 0.0711. The molecule has 1 aromatic heterocycles. The van der Waals surface area contributed by atoms with Crippen LogP contribution in [0.1, 0.15) is 38.7 Å². The Kier molecular flexibility index (Phi) is 6.85. The van der Waals surface area contributed by atoms with E-state index in [1.807, 2.05) is 36.9 Å². The van der Waals surface area contributed by atoms with Crippen LogP contribution in [0.2, 0.25) is 0 Å². The quantitative estimate of drug-likeness (QED) is 0.739. The number of carbonyl (C=O) groups excluding carboxylic acids is 1. The number of anilines is 1. The van der Waals surface area contributed by atoms with E-state index in [0.29, 0.717) is 32.0 Å². The number of hydrogen-bond donors (Lipinski definition) is 0. The molecule has 1 saturated heterocycles. The normalized spacial score (nSPS) is 16.8. The van der Waals surface area contributed by atoms with E-state index < -0.39 is 0 Å². The maximum Gasteiger partial charge on any atom is 0.268 e. The third-order valence-corrected chi connectivity index (χ3v) is 5.45. The Labute approximate surface area is 166 Å². The Balaban J connectivity index is 1.61. The summed E-state index contributed by atoms with van der Waals surface area (Å²) in [6, 6.07) is 11.8. The van der Waals surface area contributed by atoms with E-state index in [2.05, 4.69) is 22.1 Å². The van der Waals surface area contributed by atoms with Gasteiger partial charge in [0.05, 0.1) is 11.9 Å². The van der Waals surface area contributed by atoms with Crippen molar-refractivity contribution in [1.82, 2.24) is 14.7 Å². The highest BCUT2D eigenvalue weighted by molar-refractivity contribution is 5.76. The van der Waals surface area contributed by atoms with E-state index >= 15 is 0 Å². The average molecular weight is 383 g/mol. The summed E-state index contributed by atoms with van der Waals surface area (Å²) >= 11 is 0. The van der Waals surface area contributed by atoms with E-state index in [4.69, 9.17) is 0 Å². The first-order valence-corrected chi connectivity index (χ1v) is 10.2. The van der Waals surface area contributed by atoms with Crippen LogP contribution in [-0.4, -0.2) is 40.2 Å². The molecule has 1 amide bonds. The number of hydrogen-bond acceptors (Lipinski definition) is 4. The summed E-state index contributed by atoms with van der Waals surface area (Å²) in [7, 11) is 0. The molecule has 0 saturated carbocycles. The van der Waals surface area contributed by atoms with E-state index in [1.54, 1.807) is 12.3 Å². The molecule has 1 fully saturated rings. The predicted octanol–water partition coefficient (Wildman–Crippen LogP) is 2.92. The Morgan fingerprint density at radius 3 is 2.71 bits per heavy atom. The van der Waals surface area contributed by atoms with Gasteiger partial charge in [-0.3, -0.25) is 9.59 Å². The van der Waals surface area contributed by atoms with Crippen LogP contribution in [0.25, 0.3) is 0 Å². The topological polar surface area (TPSA) is 58.4 Å². The lowest BCUT2D eigenvalue weighted by molar-refractivity contribution is -0.132. The zero-order valence-electron chi connectivity index (χ0n) is 16.9. The second-order valence-electron chi connectivity index (χ2n) is 7.42. The molecule has 28 heavy (non-hydrogen) atoms. The predicted molar refractivity (Wildman–Crippen MR) is 111 cm³/mol. The maximum atomic E-state index is 12.9. The summed E-state index contributed by atoms with van der Waals surface area (Å²) in [5.74, 6) is 0.511. The average Bonchev–Trinajstić information content (AvgIpc) is 2.72. The summed E-state index contributed by atoms with van der Waals surface area (Å²) in [6.07, 6.45) is 4.39. The number of carbonyl (C=O) groups is 1.